The van der Waals surface area contributed by atoms with E-state index in [1.807, 2.05) is 35.2 Å². The molecule has 1 saturated heterocycles. The lowest BCUT2D eigenvalue weighted by Gasteiger charge is -2.35. The molecule has 1 amide bonds. The Morgan fingerprint density at radius 2 is 1.82 bits per heavy atom. The zero-order valence-electron chi connectivity index (χ0n) is 16.1. The molecule has 1 fully saturated rings. The van der Waals surface area contributed by atoms with Crippen LogP contribution in [0.2, 0.25) is 0 Å². The number of carbonyl (C=O) groups is 1. The van der Waals surface area contributed by atoms with Crippen LogP contribution in [0.3, 0.4) is 0 Å². The van der Waals surface area contributed by atoms with Gasteiger partial charge in [0.15, 0.2) is 5.82 Å². The monoisotopic (exact) mass is 402 g/mol. The van der Waals surface area contributed by atoms with Crippen molar-refractivity contribution >= 4 is 23.5 Å². The minimum absolute atomic E-state index is 0.202. The molecule has 2 heterocycles. The van der Waals surface area contributed by atoms with Crippen molar-refractivity contribution in [3.05, 3.63) is 48.0 Å². The van der Waals surface area contributed by atoms with Gasteiger partial charge in [-0.05, 0) is 11.6 Å². The zero-order chi connectivity index (χ0) is 19.6. The van der Waals surface area contributed by atoms with Crippen molar-refractivity contribution < 1.29 is 14.3 Å². The van der Waals surface area contributed by atoms with E-state index in [0.717, 1.165) is 24.7 Å². The van der Waals surface area contributed by atoms with E-state index in [9.17, 15) is 4.79 Å². The van der Waals surface area contributed by atoms with Gasteiger partial charge >= 0.3 is 0 Å². The van der Waals surface area contributed by atoms with E-state index in [2.05, 4.69) is 27.2 Å². The summed E-state index contributed by atoms with van der Waals surface area (Å²) in [6, 6.07) is 14.0. The minimum atomic E-state index is 0.202. The molecule has 0 aliphatic carbocycles. The van der Waals surface area contributed by atoms with Crippen LogP contribution >= 0.6 is 11.8 Å². The maximum atomic E-state index is 12.4. The van der Waals surface area contributed by atoms with Gasteiger partial charge in [0.2, 0.25) is 11.8 Å². The van der Waals surface area contributed by atoms with E-state index in [4.69, 9.17) is 9.47 Å². The molecule has 0 N–H and O–H groups in total. The van der Waals surface area contributed by atoms with Gasteiger partial charge in [0, 0.05) is 45.1 Å². The van der Waals surface area contributed by atoms with Crippen LogP contribution < -0.4 is 9.64 Å². The van der Waals surface area contributed by atoms with Gasteiger partial charge in [-0.3, -0.25) is 4.79 Å². The molecule has 0 spiro atoms. The number of rotatable bonds is 9. The smallest absolute Gasteiger partial charge is 0.233 e. The minimum Gasteiger partial charge on any atom is -0.474 e. The Bertz CT molecular complexity index is 722. The highest BCUT2D eigenvalue weighted by Crippen LogP contribution is 2.17. The molecule has 0 saturated carbocycles. The molecular weight excluding hydrogens is 376 g/mol. The van der Waals surface area contributed by atoms with Crippen molar-refractivity contribution in [2.45, 2.75) is 5.75 Å². The number of aromatic nitrogens is 2. The fraction of sp³-hybridized carbons (Fsp3) is 0.450. The summed E-state index contributed by atoms with van der Waals surface area (Å²) < 4.78 is 10.4. The number of ether oxygens (including phenoxy) is 2. The molecule has 0 radical (unpaired) electrons. The maximum absolute atomic E-state index is 12.4. The van der Waals surface area contributed by atoms with Gasteiger partial charge in [0.25, 0.3) is 0 Å². The number of nitrogens with zero attached hydrogens (tertiary/aromatic N) is 4. The number of piperazine rings is 1. The van der Waals surface area contributed by atoms with Crippen LogP contribution in [0.5, 0.6) is 5.88 Å². The third-order valence-electron chi connectivity index (χ3n) is 4.46. The second-order valence-corrected chi connectivity index (χ2v) is 7.40. The first-order valence-electron chi connectivity index (χ1n) is 9.36. The molecule has 0 unspecified atom stereocenters. The molecule has 1 aromatic heterocycles. The quantitative estimate of drug-likeness (QED) is 0.595. The third-order valence-corrected chi connectivity index (χ3v) is 5.45. The van der Waals surface area contributed by atoms with Crippen molar-refractivity contribution in [3.63, 3.8) is 0 Å². The Morgan fingerprint density at radius 1 is 1.04 bits per heavy atom. The molecule has 1 aliphatic rings. The predicted molar refractivity (Wildman–Crippen MR) is 111 cm³/mol. The number of methoxy groups -OCH3 is 1. The van der Waals surface area contributed by atoms with Crippen LogP contribution in [0.15, 0.2) is 42.5 Å². The Kier molecular flexibility index (Phi) is 7.93. The first kappa shape index (κ1) is 20.4. The van der Waals surface area contributed by atoms with E-state index in [0.29, 0.717) is 37.9 Å². The Morgan fingerprint density at radius 3 is 2.50 bits per heavy atom. The molecule has 150 valence electrons. The van der Waals surface area contributed by atoms with Crippen LogP contribution in [-0.2, 0) is 15.3 Å². The second kappa shape index (κ2) is 10.9. The lowest BCUT2D eigenvalue weighted by molar-refractivity contribution is -0.128. The fourth-order valence-corrected chi connectivity index (χ4v) is 3.78. The van der Waals surface area contributed by atoms with E-state index in [-0.39, 0.29) is 5.91 Å². The van der Waals surface area contributed by atoms with Crippen LogP contribution in [0, 0.1) is 0 Å². The van der Waals surface area contributed by atoms with Crippen LogP contribution in [0.1, 0.15) is 5.56 Å². The Hall–Kier alpha value is -2.32. The molecule has 1 aliphatic heterocycles. The Balaban J connectivity index is 1.39. The topological polar surface area (TPSA) is 67.8 Å². The van der Waals surface area contributed by atoms with Crippen LogP contribution in [0.25, 0.3) is 0 Å². The largest absolute Gasteiger partial charge is 0.474 e. The van der Waals surface area contributed by atoms with Crippen LogP contribution in [0.4, 0.5) is 5.82 Å². The summed E-state index contributed by atoms with van der Waals surface area (Å²) in [6.07, 6.45) is 0. The molecule has 2 aromatic rings. The highest BCUT2D eigenvalue weighted by Gasteiger charge is 2.22. The van der Waals surface area contributed by atoms with Crippen molar-refractivity contribution in [1.29, 1.82) is 0 Å². The number of carbonyl (C=O) groups excluding carboxylic acids is 1. The molecule has 3 rings (SSSR count). The average Bonchev–Trinajstić information content (AvgIpc) is 2.75. The lowest BCUT2D eigenvalue weighted by atomic mass is 10.2. The predicted octanol–water partition coefficient (Wildman–Crippen LogP) is 2.08. The molecule has 0 bridgehead atoms. The summed E-state index contributed by atoms with van der Waals surface area (Å²) in [4.78, 5) is 16.5. The van der Waals surface area contributed by atoms with Gasteiger partial charge in [0.1, 0.15) is 6.61 Å². The zero-order valence-corrected chi connectivity index (χ0v) is 16.9. The van der Waals surface area contributed by atoms with Gasteiger partial charge in [-0.2, -0.15) is 0 Å². The summed E-state index contributed by atoms with van der Waals surface area (Å²) in [5.74, 6) is 2.88. The van der Waals surface area contributed by atoms with Gasteiger partial charge in [-0.1, -0.05) is 30.3 Å². The molecule has 0 atom stereocenters. The normalized spacial score (nSPS) is 14.2. The van der Waals surface area contributed by atoms with E-state index in [1.54, 1.807) is 18.9 Å². The maximum Gasteiger partial charge on any atom is 0.233 e. The van der Waals surface area contributed by atoms with Crippen molar-refractivity contribution in [2.24, 2.45) is 0 Å². The lowest BCUT2D eigenvalue weighted by Crippen LogP contribution is -2.49. The summed E-state index contributed by atoms with van der Waals surface area (Å²) in [5, 5.41) is 8.33. The van der Waals surface area contributed by atoms with Gasteiger partial charge in [-0.25, -0.2) is 0 Å². The van der Waals surface area contributed by atoms with Gasteiger partial charge in [0.05, 0.1) is 12.4 Å². The molecule has 28 heavy (non-hydrogen) atoms. The highest BCUT2D eigenvalue weighted by atomic mass is 32.2. The first-order valence-corrected chi connectivity index (χ1v) is 10.5. The number of anilines is 1. The van der Waals surface area contributed by atoms with Crippen molar-refractivity contribution in [3.8, 4) is 5.88 Å². The average molecular weight is 403 g/mol. The summed E-state index contributed by atoms with van der Waals surface area (Å²) >= 11 is 1.66. The molecule has 8 heteroatoms. The third kappa shape index (κ3) is 6.10. The molecule has 7 nitrogen and oxygen atoms in total. The Labute approximate surface area is 170 Å². The van der Waals surface area contributed by atoms with E-state index < -0.39 is 0 Å². The standard InChI is InChI=1S/C20H26N4O3S/c1-26-13-14-27-19-8-7-18(21-22-19)23-9-11-24(12-10-23)20(25)16-28-15-17-5-3-2-4-6-17/h2-8H,9-16H2,1H3. The van der Waals surface area contributed by atoms with Crippen LogP contribution in [-0.4, -0.2) is 73.3 Å². The number of hydrogen-bond donors (Lipinski definition) is 0. The van der Waals surface area contributed by atoms with Crippen molar-refractivity contribution in [1.82, 2.24) is 15.1 Å². The molecular formula is C20H26N4O3S. The molecule has 1 aromatic carbocycles. The fourth-order valence-electron chi connectivity index (χ4n) is 2.89. The summed E-state index contributed by atoms with van der Waals surface area (Å²) in [7, 11) is 1.63. The van der Waals surface area contributed by atoms with E-state index in [1.165, 1.54) is 5.56 Å². The van der Waals surface area contributed by atoms with Gasteiger partial charge < -0.3 is 19.3 Å². The number of amides is 1. The van der Waals surface area contributed by atoms with Gasteiger partial charge in [-0.15, -0.1) is 22.0 Å². The second-order valence-electron chi connectivity index (χ2n) is 6.42. The number of thioether (sulfide) groups is 1. The SMILES string of the molecule is COCCOc1ccc(N2CCN(C(=O)CSCc3ccccc3)CC2)nn1. The van der Waals surface area contributed by atoms with E-state index >= 15 is 0 Å². The number of benzene rings is 1. The highest BCUT2D eigenvalue weighted by molar-refractivity contribution is 7.99. The number of hydrogen-bond acceptors (Lipinski definition) is 7. The first-order chi connectivity index (χ1) is 13.8. The van der Waals surface area contributed by atoms with Crippen molar-refractivity contribution in [2.75, 3.05) is 57.2 Å². The summed E-state index contributed by atoms with van der Waals surface area (Å²) in [6.45, 7) is 3.90. The summed E-state index contributed by atoms with van der Waals surface area (Å²) in [5.41, 5.74) is 1.25.